The van der Waals surface area contributed by atoms with Crippen molar-refractivity contribution in [1.82, 2.24) is 4.98 Å². The van der Waals surface area contributed by atoms with Gasteiger partial charge in [0, 0.05) is 27.9 Å². The third-order valence-electron chi connectivity index (χ3n) is 3.60. The van der Waals surface area contributed by atoms with Gasteiger partial charge in [0.2, 0.25) is 0 Å². The van der Waals surface area contributed by atoms with E-state index in [1.165, 1.54) is 0 Å². The van der Waals surface area contributed by atoms with Crippen LogP contribution < -0.4 is 0 Å². The van der Waals surface area contributed by atoms with E-state index in [0.29, 0.717) is 16.5 Å². The standard InChI is InChI=1S/C17H13Cl2NO2/c18-10-5-6-13(14(19)9-10)17-12(7-8-16(21)22)11-3-1-2-4-15(11)20-17/h1-6,9,20H,7-8H2,(H,21,22). The molecule has 3 nitrogen and oxygen atoms in total. The van der Waals surface area contributed by atoms with Gasteiger partial charge < -0.3 is 10.1 Å². The molecule has 0 saturated carbocycles. The number of nitrogens with one attached hydrogen (secondary N) is 1. The van der Waals surface area contributed by atoms with Crippen LogP contribution in [-0.2, 0) is 11.2 Å². The molecule has 0 spiro atoms. The molecule has 2 N–H and O–H groups in total. The van der Waals surface area contributed by atoms with Gasteiger partial charge in [-0.25, -0.2) is 0 Å². The van der Waals surface area contributed by atoms with Gasteiger partial charge in [-0.2, -0.15) is 0 Å². The lowest BCUT2D eigenvalue weighted by molar-refractivity contribution is -0.136. The molecule has 3 aromatic rings. The number of benzene rings is 2. The summed E-state index contributed by atoms with van der Waals surface area (Å²) in [6.07, 6.45) is 0.508. The topological polar surface area (TPSA) is 53.1 Å². The van der Waals surface area contributed by atoms with Crippen molar-refractivity contribution >= 4 is 40.1 Å². The van der Waals surface area contributed by atoms with Crippen molar-refractivity contribution in [1.29, 1.82) is 0 Å². The van der Waals surface area contributed by atoms with Gasteiger partial charge in [0.25, 0.3) is 0 Å². The Morgan fingerprint density at radius 3 is 2.64 bits per heavy atom. The van der Waals surface area contributed by atoms with Gasteiger partial charge in [-0.1, -0.05) is 41.4 Å². The highest BCUT2D eigenvalue weighted by molar-refractivity contribution is 6.36. The number of para-hydroxylation sites is 1. The van der Waals surface area contributed by atoms with Crippen LogP contribution in [0.1, 0.15) is 12.0 Å². The summed E-state index contributed by atoms with van der Waals surface area (Å²) in [6, 6.07) is 13.1. The van der Waals surface area contributed by atoms with E-state index in [9.17, 15) is 4.79 Å². The number of halogens is 2. The van der Waals surface area contributed by atoms with E-state index in [1.54, 1.807) is 12.1 Å². The van der Waals surface area contributed by atoms with Gasteiger partial charge in [-0.3, -0.25) is 4.79 Å². The molecule has 0 amide bonds. The number of H-pyrrole nitrogens is 1. The molecule has 2 aromatic carbocycles. The molecular formula is C17H13Cl2NO2. The lowest BCUT2D eigenvalue weighted by Crippen LogP contribution is -1.98. The van der Waals surface area contributed by atoms with E-state index >= 15 is 0 Å². The lowest BCUT2D eigenvalue weighted by Gasteiger charge is -2.07. The number of aromatic amines is 1. The summed E-state index contributed by atoms with van der Waals surface area (Å²) in [5.74, 6) is -0.821. The van der Waals surface area contributed by atoms with Crippen molar-refractivity contribution in [3.8, 4) is 11.3 Å². The molecule has 5 heteroatoms. The SMILES string of the molecule is O=C(O)CCc1c(-c2ccc(Cl)cc2Cl)[nH]c2ccccc12. The van der Waals surface area contributed by atoms with Gasteiger partial charge in [-0.15, -0.1) is 0 Å². The Hall–Kier alpha value is -1.97. The molecule has 0 fully saturated rings. The van der Waals surface area contributed by atoms with Gasteiger partial charge in [0.1, 0.15) is 0 Å². The van der Waals surface area contributed by atoms with E-state index in [2.05, 4.69) is 4.98 Å². The summed E-state index contributed by atoms with van der Waals surface area (Å²) >= 11 is 12.3. The van der Waals surface area contributed by atoms with Crippen LogP contribution in [0, 0.1) is 0 Å². The number of hydrogen-bond donors (Lipinski definition) is 2. The predicted octanol–water partition coefficient (Wildman–Crippen LogP) is 5.16. The first-order chi connectivity index (χ1) is 10.6. The second-order valence-corrected chi connectivity index (χ2v) is 5.89. The van der Waals surface area contributed by atoms with Crippen LogP contribution in [0.2, 0.25) is 10.0 Å². The predicted molar refractivity (Wildman–Crippen MR) is 89.7 cm³/mol. The summed E-state index contributed by atoms with van der Waals surface area (Å²) in [5, 5.41) is 11.1. The van der Waals surface area contributed by atoms with E-state index in [0.717, 1.165) is 27.7 Å². The minimum absolute atomic E-state index is 0.0695. The van der Waals surface area contributed by atoms with Crippen LogP contribution in [-0.4, -0.2) is 16.1 Å². The Balaban J connectivity index is 2.19. The van der Waals surface area contributed by atoms with Crippen LogP contribution >= 0.6 is 23.2 Å². The molecule has 0 bridgehead atoms. The molecule has 0 aliphatic carbocycles. The van der Waals surface area contributed by atoms with Crippen molar-refractivity contribution < 1.29 is 9.90 Å². The van der Waals surface area contributed by atoms with E-state index in [1.807, 2.05) is 30.3 Å². The fraction of sp³-hybridized carbons (Fsp3) is 0.118. The van der Waals surface area contributed by atoms with Gasteiger partial charge in [0.15, 0.2) is 0 Å². The van der Waals surface area contributed by atoms with Gasteiger partial charge in [-0.05, 0) is 36.2 Å². The first-order valence-electron chi connectivity index (χ1n) is 6.83. The van der Waals surface area contributed by atoms with E-state index in [-0.39, 0.29) is 6.42 Å². The lowest BCUT2D eigenvalue weighted by atomic mass is 10.0. The Kier molecular flexibility index (Phi) is 4.10. The van der Waals surface area contributed by atoms with E-state index in [4.69, 9.17) is 28.3 Å². The number of rotatable bonds is 4. The first-order valence-corrected chi connectivity index (χ1v) is 7.58. The molecule has 22 heavy (non-hydrogen) atoms. The molecule has 0 atom stereocenters. The van der Waals surface area contributed by atoms with Crippen LogP contribution in [0.15, 0.2) is 42.5 Å². The fourth-order valence-electron chi connectivity index (χ4n) is 2.61. The maximum absolute atomic E-state index is 10.9. The zero-order chi connectivity index (χ0) is 15.7. The highest BCUT2D eigenvalue weighted by Crippen LogP contribution is 2.36. The van der Waals surface area contributed by atoms with Gasteiger partial charge >= 0.3 is 5.97 Å². The van der Waals surface area contributed by atoms with Crippen molar-refractivity contribution in [2.75, 3.05) is 0 Å². The highest BCUT2D eigenvalue weighted by Gasteiger charge is 2.16. The molecule has 0 radical (unpaired) electrons. The number of aliphatic carboxylic acids is 1. The largest absolute Gasteiger partial charge is 0.481 e. The molecular weight excluding hydrogens is 321 g/mol. The smallest absolute Gasteiger partial charge is 0.303 e. The van der Waals surface area contributed by atoms with Crippen LogP contribution in [0.3, 0.4) is 0 Å². The molecule has 0 unspecified atom stereocenters. The van der Waals surface area contributed by atoms with Crippen molar-refractivity contribution in [2.45, 2.75) is 12.8 Å². The fourth-order valence-corrected chi connectivity index (χ4v) is 3.12. The second kappa shape index (κ2) is 6.03. The zero-order valence-electron chi connectivity index (χ0n) is 11.6. The Labute approximate surface area is 137 Å². The second-order valence-electron chi connectivity index (χ2n) is 5.04. The zero-order valence-corrected chi connectivity index (χ0v) is 13.1. The molecule has 1 heterocycles. The molecule has 0 aliphatic heterocycles. The summed E-state index contributed by atoms with van der Waals surface area (Å²) in [5.41, 5.74) is 3.60. The Bertz CT molecular complexity index is 855. The number of hydrogen-bond acceptors (Lipinski definition) is 1. The minimum atomic E-state index is -0.821. The molecule has 112 valence electrons. The number of aromatic nitrogens is 1. The van der Waals surface area contributed by atoms with Gasteiger partial charge in [0.05, 0.1) is 10.7 Å². The van der Waals surface area contributed by atoms with Crippen molar-refractivity contribution in [3.63, 3.8) is 0 Å². The molecule has 1 aromatic heterocycles. The average molecular weight is 334 g/mol. The number of fused-ring (bicyclic) bond motifs is 1. The third kappa shape index (κ3) is 2.82. The average Bonchev–Trinajstić information content (AvgIpc) is 2.83. The summed E-state index contributed by atoms with van der Waals surface area (Å²) in [7, 11) is 0. The number of carboxylic acid groups (broad SMARTS) is 1. The number of carbonyl (C=O) groups is 1. The number of aryl methyl sites for hydroxylation is 1. The van der Waals surface area contributed by atoms with Crippen molar-refractivity contribution in [2.24, 2.45) is 0 Å². The van der Waals surface area contributed by atoms with Crippen LogP contribution in [0.4, 0.5) is 0 Å². The highest BCUT2D eigenvalue weighted by atomic mass is 35.5. The summed E-state index contributed by atoms with van der Waals surface area (Å²) in [4.78, 5) is 14.3. The summed E-state index contributed by atoms with van der Waals surface area (Å²) in [6.45, 7) is 0. The normalized spacial score (nSPS) is 11.0. The number of carboxylic acids is 1. The first kappa shape index (κ1) is 14.9. The molecule has 3 rings (SSSR count). The van der Waals surface area contributed by atoms with Crippen LogP contribution in [0.25, 0.3) is 22.2 Å². The maximum Gasteiger partial charge on any atom is 0.303 e. The van der Waals surface area contributed by atoms with E-state index < -0.39 is 5.97 Å². The van der Waals surface area contributed by atoms with Crippen LogP contribution in [0.5, 0.6) is 0 Å². The minimum Gasteiger partial charge on any atom is -0.481 e. The quantitative estimate of drug-likeness (QED) is 0.692. The third-order valence-corrected chi connectivity index (χ3v) is 4.15. The molecule has 0 aliphatic rings. The van der Waals surface area contributed by atoms with Crippen molar-refractivity contribution in [3.05, 3.63) is 58.1 Å². The maximum atomic E-state index is 10.9. The Morgan fingerprint density at radius 1 is 1.14 bits per heavy atom. The summed E-state index contributed by atoms with van der Waals surface area (Å²) < 4.78 is 0. The molecule has 0 saturated heterocycles. The Morgan fingerprint density at radius 2 is 1.91 bits per heavy atom. The monoisotopic (exact) mass is 333 g/mol.